The second kappa shape index (κ2) is 11.5. The molecule has 0 fully saturated rings. The number of nitrogens with zero attached hydrogens (tertiary/aromatic N) is 2. The molecular weight excluding hydrogens is 438 g/mol. The van der Waals surface area contributed by atoms with Crippen molar-refractivity contribution >= 4 is 40.6 Å². The van der Waals surface area contributed by atoms with Crippen molar-refractivity contribution in [2.45, 2.75) is 6.61 Å². The van der Waals surface area contributed by atoms with Gasteiger partial charge in [-0.15, -0.1) is 0 Å². The molecule has 2 aromatic rings. The van der Waals surface area contributed by atoms with Gasteiger partial charge in [0.05, 0.1) is 13.7 Å². The maximum Gasteiger partial charge on any atom is 0.360 e. The molecule has 0 unspecified atom stereocenters. The van der Waals surface area contributed by atoms with Crippen LogP contribution in [0.2, 0.25) is 10.0 Å². The molecule has 0 N–H and O–H groups in total. The van der Waals surface area contributed by atoms with Crippen molar-refractivity contribution in [1.29, 1.82) is 0 Å². The van der Waals surface area contributed by atoms with Crippen molar-refractivity contribution in [3.8, 4) is 0 Å². The van der Waals surface area contributed by atoms with Gasteiger partial charge in [0.25, 0.3) is 0 Å². The SMILES string of the molecule is COC/C(=N\OCc1c(Cl)cccc1/C(=N\OC)C(=O)OC)c1ccc(Cl)cc1F. The van der Waals surface area contributed by atoms with Crippen molar-refractivity contribution in [3.05, 3.63) is 69.0 Å². The van der Waals surface area contributed by atoms with Crippen LogP contribution in [0.1, 0.15) is 16.7 Å². The predicted molar refractivity (Wildman–Crippen MR) is 112 cm³/mol. The van der Waals surface area contributed by atoms with Crippen LogP contribution in [0.5, 0.6) is 0 Å². The Morgan fingerprint density at radius 3 is 2.47 bits per heavy atom. The molecular formula is C20H19Cl2FN2O5. The highest BCUT2D eigenvalue weighted by Gasteiger charge is 2.21. The lowest BCUT2D eigenvalue weighted by molar-refractivity contribution is -0.132. The van der Waals surface area contributed by atoms with Crippen LogP contribution in [0.3, 0.4) is 0 Å². The lowest BCUT2D eigenvalue weighted by Crippen LogP contribution is -2.20. The minimum absolute atomic E-state index is 0.00747. The van der Waals surface area contributed by atoms with Gasteiger partial charge in [-0.1, -0.05) is 45.6 Å². The number of methoxy groups -OCH3 is 2. The van der Waals surface area contributed by atoms with Crippen LogP contribution in [-0.4, -0.2) is 45.3 Å². The molecule has 0 aromatic heterocycles. The zero-order valence-corrected chi connectivity index (χ0v) is 18.0. The van der Waals surface area contributed by atoms with Gasteiger partial charge in [0, 0.05) is 33.8 Å². The lowest BCUT2D eigenvalue weighted by Gasteiger charge is -2.12. The van der Waals surface area contributed by atoms with Gasteiger partial charge in [-0.25, -0.2) is 9.18 Å². The summed E-state index contributed by atoms with van der Waals surface area (Å²) in [4.78, 5) is 22.2. The molecule has 0 saturated carbocycles. The average Bonchev–Trinajstić information content (AvgIpc) is 2.72. The Hall–Kier alpha value is -2.68. The number of rotatable bonds is 9. The maximum atomic E-state index is 14.2. The Kier molecular flexibility index (Phi) is 9.04. The van der Waals surface area contributed by atoms with Crippen LogP contribution in [0.15, 0.2) is 46.7 Å². The third kappa shape index (κ3) is 5.91. The van der Waals surface area contributed by atoms with Gasteiger partial charge in [-0.05, 0) is 24.3 Å². The van der Waals surface area contributed by atoms with Crippen molar-refractivity contribution in [2.24, 2.45) is 10.3 Å². The largest absolute Gasteiger partial charge is 0.464 e. The molecule has 0 aliphatic heterocycles. The van der Waals surface area contributed by atoms with Crippen LogP contribution in [0, 0.1) is 5.82 Å². The number of hydrogen-bond acceptors (Lipinski definition) is 7. The summed E-state index contributed by atoms with van der Waals surface area (Å²) in [6.45, 7) is -0.149. The molecule has 0 spiro atoms. The fourth-order valence-corrected chi connectivity index (χ4v) is 2.89. The first kappa shape index (κ1) is 23.6. The molecule has 0 amide bonds. The first-order valence-corrected chi connectivity index (χ1v) is 9.28. The topological polar surface area (TPSA) is 78.7 Å². The van der Waals surface area contributed by atoms with Crippen LogP contribution in [-0.2, 0) is 30.6 Å². The smallest absolute Gasteiger partial charge is 0.360 e. The summed E-state index contributed by atoms with van der Waals surface area (Å²) < 4.78 is 24.1. The van der Waals surface area contributed by atoms with E-state index in [-0.39, 0.29) is 35.2 Å². The molecule has 10 heteroatoms. The molecule has 0 aliphatic carbocycles. The predicted octanol–water partition coefficient (Wildman–Crippen LogP) is 4.22. The van der Waals surface area contributed by atoms with Gasteiger partial charge in [-0.3, -0.25) is 0 Å². The Morgan fingerprint density at radius 2 is 1.83 bits per heavy atom. The highest BCUT2D eigenvalue weighted by atomic mass is 35.5. The number of hydrogen-bond donors (Lipinski definition) is 0. The Labute approximate surface area is 182 Å². The first-order chi connectivity index (χ1) is 14.4. The summed E-state index contributed by atoms with van der Waals surface area (Å²) in [5.41, 5.74) is 1.05. The van der Waals surface area contributed by atoms with Crippen molar-refractivity contribution in [2.75, 3.05) is 27.9 Å². The Bertz CT molecular complexity index is 966. The van der Waals surface area contributed by atoms with E-state index in [1.54, 1.807) is 18.2 Å². The lowest BCUT2D eigenvalue weighted by atomic mass is 10.0. The quantitative estimate of drug-likeness (QED) is 0.320. The van der Waals surface area contributed by atoms with Crippen molar-refractivity contribution in [3.63, 3.8) is 0 Å². The summed E-state index contributed by atoms with van der Waals surface area (Å²) >= 11 is 12.1. The molecule has 0 saturated heterocycles. The zero-order valence-electron chi connectivity index (χ0n) is 16.4. The van der Waals surface area contributed by atoms with Gasteiger partial charge in [0.1, 0.15) is 25.2 Å². The average molecular weight is 457 g/mol. The molecule has 2 aromatic carbocycles. The van der Waals surface area contributed by atoms with E-state index >= 15 is 0 Å². The zero-order chi connectivity index (χ0) is 22.1. The van der Waals surface area contributed by atoms with E-state index in [0.717, 1.165) is 6.07 Å². The molecule has 0 aliphatic rings. The molecule has 2 rings (SSSR count). The van der Waals surface area contributed by atoms with Crippen LogP contribution in [0.25, 0.3) is 0 Å². The van der Waals surface area contributed by atoms with Crippen molar-refractivity contribution in [1.82, 2.24) is 0 Å². The molecule has 0 radical (unpaired) electrons. The third-order valence-electron chi connectivity index (χ3n) is 3.84. The van der Waals surface area contributed by atoms with Gasteiger partial charge in [-0.2, -0.15) is 0 Å². The van der Waals surface area contributed by atoms with E-state index in [1.165, 1.54) is 33.5 Å². The van der Waals surface area contributed by atoms with E-state index in [1.807, 2.05) is 0 Å². The molecule has 0 heterocycles. The molecule has 0 bridgehead atoms. The molecule has 0 atom stereocenters. The summed E-state index contributed by atoms with van der Waals surface area (Å²) in [7, 11) is 3.96. The first-order valence-electron chi connectivity index (χ1n) is 8.53. The molecule has 160 valence electrons. The number of esters is 1. The Balaban J connectivity index is 2.35. The summed E-state index contributed by atoms with van der Waals surface area (Å²) in [6, 6.07) is 9.03. The van der Waals surface area contributed by atoms with E-state index < -0.39 is 11.8 Å². The van der Waals surface area contributed by atoms with Crippen LogP contribution < -0.4 is 0 Å². The van der Waals surface area contributed by atoms with Gasteiger partial charge < -0.3 is 19.1 Å². The summed E-state index contributed by atoms with van der Waals surface area (Å²) in [5, 5.41) is 8.26. The monoisotopic (exact) mass is 456 g/mol. The van der Waals surface area contributed by atoms with Crippen LogP contribution in [0.4, 0.5) is 4.39 Å². The minimum atomic E-state index is -0.716. The van der Waals surface area contributed by atoms with Gasteiger partial charge in [0.15, 0.2) is 5.71 Å². The second-order valence-corrected chi connectivity index (χ2v) is 6.59. The number of benzene rings is 2. The normalized spacial score (nSPS) is 11.9. The maximum absolute atomic E-state index is 14.2. The fourth-order valence-electron chi connectivity index (χ4n) is 2.50. The number of carbonyl (C=O) groups is 1. The third-order valence-corrected chi connectivity index (χ3v) is 4.43. The fraction of sp³-hybridized carbons (Fsp3) is 0.250. The minimum Gasteiger partial charge on any atom is -0.464 e. The second-order valence-electron chi connectivity index (χ2n) is 5.75. The van der Waals surface area contributed by atoms with E-state index in [4.69, 9.17) is 42.4 Å². The van der Waals surface area contributed by atoms with Gasteiger partial charge >= 0.3 is 5.97 Å². The number of halogens is 3. The van der Waals surface area contributed by atoms with E-state index in [2.05, 4.69) is 10.3 Å². The standard InChI is InChI=1S/C20H19Cl2FN2O5/c1-27-11-18(14-8-7-12(21)9-17(14)23)24-30-10-15-13(5-4-6-16(15)22)19(25-29-3)20(26)28-2/h4-9H,10-11H2,1-3H3/b24-18+,25-19+. The summed E-state index contributed by atoms with van der Waals surface area (Å²) in [5.74, 6) is -1.28. The van der Waals surface area contributed by atoms with Gasteiger partial charge in [0.2, 0.25) is 0 Å². The number of carbonyl (C=O) groups excluding carboxylic acids is 1. The number of ether oxygens (including phenoxy) is 2. The van der Waals surface area contributed by atoms with E-state index in [0.29, 0.717) is 16.1 Å². The van der Waals surface area contributed by atoms with Crippen molar-refractivity contribution < 1.29 is 28.3 Å². The molecule has 30 heavy (non-hydrogen) atoms. The number of oxime groups is 2. The van der Waals surface area contributed by atoms with Crippen LogP contribution >= 0.6 is 23.2 Å². The summed E-state index contributed by atoms with van der Waals surface area (Å²) in [6.07, 6.45) is 0. The highest BCUT2D eigenvalue weighted by molar-refractivity contribution is 6.44. The van der Waals surface area contributed by atoms with E-state index in [9.17, 15) is 9.18 Å². The molecule has 7 nitrogen and oxygen atoms in total. The highest BCUT2D eigenvalue weighted by Crippen LogP contribution is 2.23. The Morgan fingerprint density at radius 1 is 1.07 bits per heavy atom.